The van der Waals surface area contributed by atoms with E-state index in [0.717, 1.165) is 25.3 Å². The molecule has 1 N–H and O–H groups in total. The Bertz CT molecular complexity index is 488. The van der Waals surface area contributed by atoms with Gasteiger partial charge in [-0.1, -0.05) is 13.0 Å². The van der Waals surface area contributed by atoms with Gasteiger partial charge in [-0.15, -0.1) is 0 Å². The van der Waals surface area contributed by atoms with Gasteiger partial charge in [-0.25, -0.2) is 0 Å². The molecule has 0 aromatic carbocycles. The molecule has 3 heteroatoms. The highest BCUT2D eigenvalue weighted by Crippen LogP contribution is 2.05. The van der Waals surface area contributed by atoms with Gasteiger partial charge in [0.15, 0.2) is 0 Å². The van der Waals surface area contributed by atoms with Gasteiger partial charge in [-0.3, -0.25) is 4.98 Å². The van der Waals surface area contributed by atoms with Crippen LogP contribution >= 0.6 is 0 Å². The first-order valence-corrected chi connectivity index (χ1v) is 6.56. The fraction of sp³-hybridized carbons (Fsp3) is 0.400. The predicted molar refractivity (Wildman–Crippen MR) is 74.2 cm³/mol. The van der Waals surface area contributed by atoms with Crippen LogP contribution in [0.5, 0.6) is 0 Å². The highest BCUT2D eigenvalue weighted by molar-refractivity contribution is 5.17. The molecule has 18 heavy (non-hydrogen) atoms. The molecule has 0 amide bonds. The number of hydrogen-bond acceptors (Lipinski definition) is 2. The van der Waals surface area contributed by atoms with Crippen LogP contribution in [0.15, 0.2) is 36.7 Å². The van der Waals surface area contributed by atoms with Gasteiger partial charge in [-0.05, 0) is 37.1 Å². The summed E-state index contributed by atoms with van der Waals surface area (Å²) >= 11 is 0. The van der Waals surface area contributed by atoms with Gasteiger partial charge < -0.3 is 9.88 Å². The van der Waals surface area contributed by atoms with Gasteiger partial charge in [-0.2, -0.15) is 0 Å². The lowest BCUT2D eigenvalue weighted by atomic mass is 10.2. The van der Waals surface area contributed by atoms with Crippen LogP contribution in [0.4, 0.5) is 0 Å². The molecule has 96 valence electrons. The summed E-state index contributed by atoms with van der Waals surface area (Å²) in [5.74, 6) is 0. The van der Waals surface area contributed by atoms with Crippen LogP contribution in [0.1, 0.15) is 30.3 Å². The van der Waals surface area contributed by atoms with E-state index in [0.29, 0.717) is 0 Å². The quantitative estimate of drug-likeness (QED) is 0.845. The molecule has 0 spiro atoms. The van der Waals surface area contributed by atoms with Crippen LogP contribution < -0.4 is 5.32 Å². The van der Waals surface area contributed by atoms with E-state index in [1.807, 2.05) is 12.3 Å². The van der Waals surface area contributed by atoms with Crippen LogP contribution in [0, 0.1) is 6.92 Å². The van der Waals surface area contributed by atoms with Gasteiger partial charge in [0.25, 0.3) is 0 Å². The molecule has 0 saturated carbocycles. The zero-order chi connectivity index (χ0) is 12.8. The molecule has 0 aliphatic carbocycles. The average Bonchev–Trinajstić information content (AvgIpc) is 2.80. The van der Waals surface area contributed by atoms with Crippen LogP contribution in [0.25, 0.3) is 0 Å². The molecule has 0 aliphatic heterocycles. The summed E-state index contributed by atoms with van der Waals surface area (Å²) in [5.41, 5.74) is 3.71. The normalized spacial score (nSPS) is 10.8. The van der Waals surface area contributed by atoms with Gasteiger partial charge in [0.05, 0.1) is 5.69 Å². The Kier molecular flexibility index (Phi) is 4.53. The summed E-state index contributed by atoms with van der Waals surface area (Å²) in [6, 6.07) is 8.36. The summed E-state index contributed by atoms with van der Waals surface area (Å²) in [4.78, 5) is 4.39. The van der Waals surface area contributed by atoms with Crippen molar-refractivity contribution in [2.45, 2.75) is 39.9 Å². The summed E-state index contributed by atoms with van der Waals surface area (Å²) in [6.07, 6.45) is 5.16. The summed E-state index contributed by atoms with van der Waals surface area (Å²) in [6.45, 7) is 7.11. The van der Waals surface area contributed by atoms with Crippen LogP contribution in [-0.4, -0.2) is 9.55 Å². The van der Waals surface area contributed by atoms with E-state index in [4.69, 9.17) is 0 Å². The lowest BCUT2D eigenvalue weighted by Crippen LogP contribution is -2.17. The first-order chi connectivity index (χ1) is 8.81. The van der Waals surface area contributed by atoms with Crippen molar-refractivity contribution in [1.29, 1.82) is 0 Å². The van der Waals surface area contributed by atoms with Crippen LogP contribution in [-0.2, 0) is 19.6 Å². The molecule has 0 radical (unpaired) electrons. The second kappa shape index (κ2) is 6.36. The third-order valence-corrected chi connectivity index (χ3v) is 3.10. The fourth-order valence-electron chi connectivity index (χ4n) is 2.08. The van der Waals surface area contributed by atoms with Crippen molar-refractivity contribution in [3.8, 4) is 0 Å². The third-order valence-electron chi connectivity index (χ3n) is 3.10. The number of nitrogens with one attached hydrogen (secondary N) is 1. The minimum Gasteiger partial charge on any atom is -0.350 e. The second-order valence-corrected chi connectivity index (χ2v) is 4.56. The Morgan fingerprint density at radius 1 is 1.22 bits per heavy atom. The smallest absolute Gasteiger partial charge is 0.0570 e. The van der Waals surface area contributed by atoms with Gasteiger partial charge in [0.2, 0.25) is 0 Å². The van der Waals surface area contributed by atoms with E-state index in [-0.39, 0.29) is 0 Å². The number of aryl methyl sites for hydroxylation is 2. The first kappa shape index (κ1) is 12.8. The Morgan fingerprint density at radius 2 is 2.11 bits per heavy atom. The van der Waals surface area contributed by atoms with Crippen molar-refractivity contribution in [2.24, 2.45) is 0 Å². The fourth-order valence-corrected chi connectivity index (χ4v) is 2.08. The zero-order valence-corrected chi connectivity index (χ0v) is 11.2. The van der Waals surface area contributed by atoms with Crippen molar-refractivity contribution < 1.29 is 0 Å². The van der Waals surface area contributed by atoms with E-state index in [1.165, 1.54) is 17.7 Å². The van der Waals surface area contributed by atoms with Crippen molar-refractivity contribution in [1.82, 2.24) is 14.9 Å². The van der Waals surface area contributed by atoms with E-state index >= 15 is 0 Å². The summed E-state index contributed by atoms with van der Waals surface area (Å²) < 4.78 is 2.30. The molecule has 0 aliphatic rings. The number of aromatic nitrogens is 2. The topological polar surface area (TPSA) is 29.9 Å². The Balaban J connectivity index is 1.88. The van der Waals surface area contributed by atoms with Crippen molar-refractivity contribution in [3.05, 3.63) is 53.6 Å². The molecule has 2 rings (SSSR count). The maximum Gasteiger partial charge on any atom is 0.0570 e. The Labute approximate surface area is 109 Å². The van der Waals surface area contributed by atoms with Crippen molar-refractivity contribution in [3.63, 3.8) is 0 Å². The van der Waals surface area contributed by atoms with Crippen molar-refractivity contribution in [2.75, 3.05) is 0 Å². The molecule has 2 aromatic heterocycles. The Morgan fingerprint density at radius 3 is 2.89 bits per heavy atom. The third kappa shape index (κ3) is 3.20. The number of nitrogens with zero attached hydrogens (tertiary/aromatic N) is 2. The number of pyridine rings is 1. The van der Waals surface area contributed by atoms with E-state index in [1.54, 1.807) is 0 Å². The molecule has 0 fully saturated rings. The van der Waals surface area contributed by atoms with Gasteiger partial charge >= 0.3 is 0 Å². The van der Waals surface area contributed by atoms with E-state index < -0.39 is 0 Å². The molecule has 2 heterocycles. The zero-order valence-electron chi connectivity index (χ0n) is 11.2. The average molecular weight is 243 g/mol. The number of hydrogen-bond donors (Lipinski definition) is 1. The molecule has 0 atom stereocenters. The largest absolute Gasteiger partial charge is 0.350 e. The van der Waals surface area contributed by atoms with Gasteiger partial charge in [0, 0.05) is 37.7 Å². The lowest BCUT2D eigenvalue weighted by molar-refractivity contribution is 0.597. The minimum absolute atomic E-state index is 0.823. The standard InChI is InChI=1S/C15H21N3/c1-3-9-18-10-5-7-14(18)11-16-12-15-13(2)6-4-8-17-15/h4-8,10,16H,3,9,11-12H2,1-2H3. The predicted octanol–water partition coefficient (Wildman–Crippen LogP) is 2.89. The lowest BCUT2D eigenvalue weighted by Gasteiger charge is -2.10. The highest BCUT2D eigenvalue weighted by atomic mass is 15.0. The maximum absolute atomic E-state index is 4.39. The van der Waals surface area contributed by atoms with Crippen LogP contribution in [0.3, 0.4) is 0 Å². The molecule has 0 unspecified atom stereocenters. The van der Waals surface area contributed by atoms with Crippen molar-refractivity contribution >= 4 is 0 Å². The Hall–Kier alpha value is -1.61. The second-order valence-electron chi connectivity index (χ2n) is 4.56. The minimum atomic E-state index is 0.823. The number of rotatable bonds is 6. The summed E-state index contributed by atoms with van der Waals surface area (Å²) in [7, 11) is 0. The molecular formula is C15H21N3. The maximum atomic E-state index is 4.39. The molecule has 0 bridgehead atoms. The molecule has 2 aromatic rings. The monoisotopic (exact) mass is 243 g/mol. The molecular weight excluding hydrogens is 222 g/mol. The summed E-state index contributed by atoms with van der Waals surface area (Å²) in [5, 5.41) is 3.46. The van der Waals surface area contributed by atoms with Crippen LogP contribution in [0.2, 0.25) is 0 Å². The van der Waals surface area contributed by atoms with E-state index in [2.05, 4.69) is 53.1 Å². The van der Waals surface area contributed by atoms with E-state index in [9.17, 15) is 0 Å². The first-order valence-electron chi connectivity index (χ1n) is 6.56. The van der Waals surface area contributed by atoms with Gasteiger partial charge in [0.1, 0.15) is 0 Å². The molecule has 3 nitrogen and oxygen atoms in total. The SMILES string of the molecule is CCCn1cccc1CNCc1ncccc1C. The molecule has 0 saturated heterocycles. The highest BCUT2D eigenvalue weighted by Gasteiger charge is 2.01.